The SMILES string of the molecule is Fc1ccc(CCNc2cc(C(F)(F)F)cc(Cl)n2)cc1. The minimum absolute atomic E-state index is 0.0527. The normalized spacial score (nSPS) is 11.5. The minimum atomic E-state index is -4.47. The van der Waals surface area contributed by atoms with E-state index in [0.29, 0.717) is 13.0 Å². The van der Waals surface area contributed by atoms with Gasteiger partial charge >= 0.3 is 6.18 Å². The lowest BCUT2D eigenvalue weighted by molar-refractivity contribution is -0.137. The van der Waals surface area contributed by atoms with E-state index in [1.807, 2.05) is 0 Å². The number of hydrogen-bond acceptors (Lipinski definition) is 2. The van der Waals surface area contributed by atoms with E-state index in [0.717, 1.165) is 17.7 Å². The zero-order valence-electron chi connectivity index (χ0n) is 10.7. The van der Waals surface area contributed by atoms with E-state index in [2.05, 4.69) is 10.3 Å². The molecule has 0 unspecified atom stereocenters. The van der Waals surface area contributed by atoms with Gasteiger partial charge in [0.05, 0.1) is 5.56 Å². The maximum absolute atomic E-state index is 12.7. The van der Waals surface area contributed by atoms with Gasteiger partial charge in [0.15, 0.2) is 0 Å². The van der Waals surface area contributed by atoms with Gasteiger partial charge in [-0.05, 0) is 36.2 Å². The summed E-state index contributed by atoms with van der Waals surface area (Å²) >= 11 is 5.58. The van der Waals surface area contributed by atoms with Crippen LogP contribution < -0.4 is 5.32 Å². The summed E-state index contributed by atoms with van der Waals surface area (Å²) in [4.78, 5) is 3.79. The highest BCUT2D eigenvalue weighted by atomic mass is 35.5. The van der Waals surface area contributed by atoms with Crippen molar-refractivity contribution in [2.75, 3.05) is 11.9 Å². The quantitative estimate of drug-likeness (QED) is 0.661. The smallest absolute Gasteiger partial charge is 0.370 e. The largest absolute Gasteiger partial charge is 0.416 e. The zero-order valence-corrected chi connectivity index (χ0v) is 11.5. The molecule has 0 saturated heterocycles. The topological polar surface area (TPSA) is 24.9 Å². The number of benzene rings is 1. The first kappa shape index (κ1) is 15.6. The van der Waals surface area contributed by atoms with Crippen molar-refractivity contribution in [1.29, 1.82) is 0 Å². The van der Waals surface area contributed by atoms with Crippen molar-refractivity contribution in [2.24, 2.45) is 0 Å². The Hall–Kier alpha value is -1.82. The second-order valence-corrected chi connectivity index (χ2v) is 4.75. The molecule has 0 fully saturated rings. The fraction of sp³-hybridized carbons (Fsp3) is 0.214. The molecule has 0 amide bonds. The van der Waals surface area contributed by atoms with Gasteiger partial charge in [-0.2, -0.15) is 13.2 Å². The summed E-state index contributed by atoms with van der Waals surface area (Å²) in [6.45, 7) is 0.357. The van der Waals surface area contributed by atoms with Crippen LogP contribution in [-0.2, 0) is 12.6 Å². The van der Waals surface area contributed by atoms with Crippen molar-refractivity contribution in [2.45, 2.75) is 12.6 Å². The Morgan fingerprint density at radius 3 is 2.38 bits per heavy atom. The highest BCUT2D eigenvalue weighted by Gasteiger charge is 2.31. The third-order valence-electron chi connectivity index (χ3n) is 2.75. The van der Waals surface area contributed by atoms with Gasteiger partial charge in [-0.25, -0.2) is 9.37 Å². The van der Waals surface area contributed by atoms with Crippen LogP contribution in [0.15, 0.2) is 36.4 Å². The van der Waals surface area contributed by atoms with E-state index in [4.69, 9.17) is 11.6 Å². The maximum Gasteiger partial charge on any atom is 0.416 e. The zero-order chi connectivity index (χ0) is 15.5. The number of nitrogens with one attached hydrogen (secondary N) is 1. The lowest BCUT2D eigenvalue weighted by Gasteiger charge is -2.10. The van der Waals surface area contributed by atoms with E-state index >= 15 is 0 Å². The summed E-state index contributed by atoms with van der Waals surface area (Å²) < 4.78 is 50.6. The molecule has 0 aliphatic heterocycles. The molecule has 0 aliphatic carbocycles. The third kappa shape index (κ3) is 4.60. The molecule has 1 N–H and O–H groups in total. The van der Waals surface area contributed by atoms with Crippen LogP contribution in [0.25, 0.3) is 0 Å². The van der Waals surface area contributed by atoms with Crippen LogP contribution in [0.5, 0.6) is 0 Å². The van der Waals surface area contributed by atoms with Gasteiger partial charge in [-0.3, -0.25) is 0 Å². The molecule has 1 aromatic carbocycles. The Labute approximate surface area is 123 Å². The molecule has 21 heavy (non-hydrogen) atoms. The van der Waals surface area contributed by atoms with Crippen LogP contribution in [-0.4, -0.2) is 11.5 Å². The predicted octanol–water partition coefficient (Wildman–Crippen LogP) is 4.55. The number of alkyl halides is 3. The van der Waals surface area contributed by atoms with Crippen LogP contribution in [0.4, 0.5) is 23.4 Å². The molecule has 2 nitrogen and oxygen atoms in total. The molecule has 0 bridgehead atoms. The molecule has 0 atom stereocenters. The van der Waals surface area contributed by atoms with E-state index in [1.54, 1.807) is 12.1 Å². The number of hydrogen-bond donors (Lipinski definition) is 1. The first-order valence-electron chi connectivity index (χ1n) is 6.08. The van der Waals surface area contributed by atoms with Crippen LogP contribution in [0, 0.1) is 5.82 Å². The van der Waals surface area contributed by atoms with Crippen molar-refractivity contribution in [3.05, 3.63) is 58.5 Å². The highest BCUT2D eigenvalue weighted by molar-refractivity contribution is 6.29. The second kappa shape index (κ2) is 6.30. The molecule has 0 radical (unpaired) electrons. The van der Waals surface area contributed by atoms with Crippen LogP contribution >= 0.6 is 11.6 Å². The Balaban J connectivity index is 2.00. The fourth-order valence-electron chi connectivity index (χ4n) is 1.74. The van der Waals surface area contributed by atoms with Crippen molar-refractivity contribution in [1.82, 2.24) is 4.98 Å². The Morgan fingerprint density at radius 1 is 1.10 bits per heavy atom. The highest BCUT2D eigenvalue weighted by Crippen LogP contribution is 2.31. The van der Waals surface area contributed by atoms with E-state index in [9.17, 15) is 17.6 Å². The number of pyridine rings is 1. The lowest BCUT2D eigenvalue weighted by Crippen LogP contribution is -2.10. The monoisotopic (exact) mass is 318 g/mol. The molecule has 0 aliphatic rings. The molecule has 0 saturated carbocycles. The number of anilines is 1. The summed E-state index contributed by atoms with van der Waals surface area (Å²) in [7, 11) is 0. The summed E-state index contributed by atoms with van der Waals surface area (Å²) in [5.41, 5.74) is 0.00811. The third-order valence-corrected chi connectivity index (χ3v) is 2.95. The second-order valence-electron chi connectivity index (χ2n) is 4.36. The van der Waals surface area contributed by atoms with E-state index in [-0.39, 0.29) is 16.8 Å². The summed E-state index contributed by atoms with van der Waals surface area (Å²) in [5, 5.41) is 2.54. The number of rotatable bonds is 4. The van der Waals surface area contributed by atoms with Gasteiger partial charge in [0.1, 0.15) is 16.8 Å². The molecule has 2 rings (SSSR count). The molecule has 2 aromatic rings. The Morgan fingerprint density at radius 2 is 1.76 bits per heavy atom. The molecule has 1 heterocycles. The Bertz CT molecular complexity index is 611. The first-order chi connectivity index (χ1) is 9.84. The fourth-order valence-corrected chi connectivity index (χ4v) is 1.95. The number of aromatic nitrogens is 1. The van der Waals surface area contributed by atoms with Gasteiger partial charge in [-0.1, -0.05) is 23.7 Å². The van der Waals surface area contributed by atoms with Crippen molar-refractivity contribution in [3.8, 4) is 0 Å². The molecular weight excluding hydrogens is 308 g/mol. The molecule has 0 spiro atoms. The average molecular weight is 319 g/mol. The summed E-state index contributed by atoms with van der Waals surface area (Å²) in [6.07, 6.45) is -3.95. The molecule has 1 aromatic heterocycles. The van der Waals surface area contributed by atoms with Crippen molar-refractivity contribution < 1.29 is 17.6 Å². The summed E-state index contributed by atoms with van der Waals surface area (Å²) in [6, 6.07) is 7.56. The standard InChI is InChI=1S/C14H11ClF4N2/c15-12-7-10(14(17,18)19)8-13(21-12)20-6-5-9-1-3-11(16)4-2-9/h1-4,7-8H,5-6H2,(H,20,21). The van der Waals surface area contributed by atoms with Gasteiger partial charge in [0.25, 0.3) is 0 Å². The van der Waals surface area contributed by atoms with Crippen molar-refractivity contribution >= 4 is 17.4 Å². The first-order valence-corrected chi connectivity index (χ1v) is 6.45. The number of halogens is 5. The molecular formula is C14H11ClF4N2. The van der Waals surface area contributed by atoms with Crippen molar-refractivity contribution in [3.63, 3.8) is 0 Å². The van der Waals surface area contributed by atoms with Crippen LogP contribution in [0.2, 0.25) is 5.15 Å². The maximum atomic E-state index is 12.7. The van der Waals surface area contributed by atoms with Gasteiger partial charge < -0.3 is 5.32 Å². The van der Waals surface area contributed by atoms with Crippen LogP contribution in [0.1, 0.15) is 11.1 Å². The summed E-state index contributed by atoms with van der Waals surface area (Å²) in [5.74, 6) is -0.282. The molecule has 7 heteroatoms. The predicted molar refractivity (Wildman–Crippen MR) is 72.8 cm³/mol. The lowest BCUT2D eigenvalue weighted by atomic mass is 10.1. The van der Waals surface area contributed by atoms with Gasteiger partial charge in [0.2, 0.25) is 0 Å². The Kier molecular flexibility index (Phi) is 4.67. The molecule has 112 valence electrons. The van der Waals surface area contributed by atoms with Crippen LogP contribution in [0.3, 0.4) is 0 Å². The van der Waals surface area contributed by atoms with Gasteiger partial charge in [0, 0.05) is 6.54 Å². The average Bonchev–Trinajstić information content (AvgIpc) is 2.39. The van der Waals surface area contributed by atoms with Gasteiger partial charge in [-0.15, -0.1) is 0 Å². The minimum Gasteiger partial charge on any atom is -0.370 e. The van der Waals surface area contributed by atoms with E-state index in [1.165, 1.54) is 12.1 Å². The van der Waals surface area contributed by atoms with E-state index < -0.39 is 11.7 Å². The number of nitrogens with zero attached hydrogens (tertiary/aromatic N) is 1.